The van der Waals surface area contributed by atoms with Crippen molar-refractivity contribution in [3.8, 4) is 0 Å². The molecule has 2 aromatic rings. The van der Waals surface area contributed by atoms with E-state index in [-0.39, 0.29) is 11.6 Å². The molecule has 1 atom stereocenters. The minimum absolute atomic E-state index is 0.0201. The molecule has 0 spiro atoms. The van der Waals surface area contributed by atoms with E-state index in [1.807, 2.05) is 36.4 Å². The summed E-state index contributed by atoms with van der Waals surface area (Å²) in [5.41, 5.74) is -0.724. The minimum atomic E-state index is -2.87. The third-order valence-electron chi connectivity index (χ3n) is 5.53. The van der Waals surface area contributed by atoms with Gasteiger partial charge in [-0.05, 0) is 36.2 Å². The Hall–Kier alpha value is -2.52. The molecule has 34 heavy (non-hydrogen) atoms. The number of hydrogen-bond donors (Lipinski definition) is 1. The number of hydrogen-bond acceptors (Lipinski definition) is 6. The molecule has 2 amide bonds. The Bertz CT molecular complexity index is 900. The second-order valence-electron chi connectivity index (χ2n) is 10.2. The topological polar surface area (TPSA) is 77.1 Å². The van der Waals surface area contributed by atoms with E-state index in [1.54, 1.807) is 27.8 Å². The minimum Gasteiger partial charge on any atom is -0.444 e. The first-order valence-corrected chi connectivity index (χ1v) is 13.3. The number of likely N-dealkylation sites (N-methyl/N-ethyl adjacent to an activating group) is 1. The van der Waals surface area contributed by atoms with E-state index >= 15 is 0 Å². The molecule has 0 aliphatic carbocycles. The third-order valence-corrected chi connectivity index (χ3v) is 10.5. The lowest BCUT2D eigenvalue weighted by molar-refractivity contribution is -0.165. The second kappa shape index (κ2) is 11.3. The van der Waals surface area contributed by atoms with Crippen LogP contribution in [0.25, 0.3) is 0 Å². The van der Waals surface area contributed by atoms with Crippen molar-refractivity contribution in [1.82, 2.24) is 10.4 Å². The first-order valence-electron chi connectivity index (χ1n) is 11.4. The summed E-state index contributed by atoms with van der Waals surface area (Å²) in [6.45, 7) is 11.7. The fourth-order valence-corrected chi connectivity index (χ4v) is 8.49. The van der Waals surface area contributed by atoms with Gasteiger partial charge in [0.25, 0.3) is 14.2 Å². The number of alkyl carbamates (subject to hydrolysis) is 1. The number of nitrogens with one attached hydrogen (secondary N) is 1. The van der Waals surface area contributed by atoms with Crippen molar-refractivity contribution in [1.29, 1.82) is 0 Å². The average Bonchev–Trinajstić information content (AvgIpc) is 2.75. The van der Waals surface area contributed by atoms with Crippen LogP contribution in [-0.2, 0) is 18.8 Å². The van der Waals surface area contributed by atoms with Gasteiger partial charge in [-0.2, -0.15) is 5.06 Å². The average molecular weight is 487 g/mol. The van der Waals surface area contributed by atoms with Gasteiger partial charge in [0, 0.05) is 7.05 Å². The standard InChI is InChI=1S/C26H38N2O5Si/c1-25(2,3)33-24(30)27-23(29)22(28(7)31-8)19-32-34(26(4,5)6,20-15-11-9-12-16-20)21-17-13-10-14-18-21/h9-18,22H,19H2,1-8H3,(H,27,29,30)/t22-/m1/s1. The lowest BCUT2D eigenvalue weighted by Gasteiger charge is -2.44. The Labute approximate surface area is 204 Å². The molecule has 0 fully saturated rings. The van der Waals surface area contributed by atoms with Gasteiger partial charge < -0.3 is 14.0 Å². The van der Waals surface area contributed by atoms with E-state index in [0.717, 1.165) is 10.4 Å². The van der Waals surface area contributed by atoms with E-state index in [9.17, 15) is 9.59 Å². The lowest BCUT2D eigenvalue weighted by atomic mass is 10.2. The zero-order valence-corrected chi connectivity index (χ0v) is 22.5. The van der Waals surface area contributed by atoms with Crippen LogP contribution < -0.4 is 15.7 Å². The van der Waals surface area contributed by atoms with Crippen LogP contribution in [0.1, 0.15) is 41.5 Å². The first kappa shape index (κ1) is 27.7. The Kier molecular flexibility index (Phi) is 9.19. The summed E-state index contributed by atoms with van der Waals surface area (Å²) in [5.74, 6) is -0.559. The highest BCUT2D eigenvalue weighted by molar-refractivity contribution is 6.99. The van der Waals surface area contributed by atoms with Crippen LogP contribution in [0.15, 0.2) is 60.7 Å². The quantitative estimate of drug-likeness (QED) is 0.455. The summed E-state index contributed by atoms with van der Waals surface area (Å²) >= 11 is 0. The second-order valence-corrected chi connectivity index (χ2v) is 14.5. The SMILES string of the molecule is CON(C)[C@H](CO[Si](c1ccccc1)(c1ccccc1)C(C)(C)C)C(=O)NC(=O)OC(C)(C)C. The van der Waals surface area contributed by atoms with Crippen LogP contribution in [0.5, 0.6) is 0 Å². The molecular weight excluding hydrogens is 448 g/mol. The summed E-state index contributed by atoms with van der Waals surface area (Å²) in [4.78, 5) is 30.7. The maximum Gasteiger partial charge on any atom is 0.414 e. The van der Waals surface area contributed by atoms with Crippen molar-refractivity contribution in [3.05, 3.63) is 60.7 Å². The van der Waals surface area contributed by atoms with E-state index in [2.05, 4.69) is 50.4 Å². The molecule has 0 aliphatic heterocycles. The molecule has 0 heterocycles. The molecular formula is C26H38N2O5Si. The van der Waals surface area contributed by atoms with E-state index in [0.29, 0.717) is 0 Å². The van der Waals surface area contributed by atoms with Crippen molar-refractivity contribution in [2.75, 3.05) is 20.8 Å². The number of benzene rings is 2. The largest absolute Gasteiger partial charge is 0.444 e. The van der Waals surface area contributed by atoms with Gasteiger partial charge in [0.2, 0.25) is 0 Å². The van der Waals surface area contributed by atoms with Crippen LogP contribution in [0.4, 0.5) is 4.79 Å². The van der Waals surface area contributed by atoms with Crippen molar-refractivity contribution in [3.63, 3.8) is 0 Å². The number of carbonyl (C=O) groups is 2. The molecule has 0 saturated carbocycles. The number of amides is 2. The van der Waals surface area contributed by atoms with E-state index in [4.69, 9.17) is 14.0 Å². The monoisotopic (exact) mass is 486 g/mol. The van der Waals surface area contributed by atoms with E-state index in [1.165, 1.54) is 12.2 Å². The molecule has 0 unspecified atom stereocenters. The molecule has 2 aromatic carbocycles. The molecule has 186 valence electrons. The van der Waals surface area contributed by atoms with Gasteiger partial charge in [-0.3, -0.25) is 10.1 Å². The van der Waals surface area contributed by atoms with Gasteiger partial charge in [0.15, 0.2) is 0 Å². The van der Waals surface area contributed by atoms with Crippen LogP contribution in [0.2, 0.25) is 5.04 Å². The lowest BCUT2D eigenvalue weighted by Crippen LogP contribution is -2.67. The number of nitrogens with zero attached hydrogens (tertiary/aromatic N) is 1. The first-order chi connectivity index (χ1) is 15.8. The highest BCUT2D eigenvalue weighted by Gasteiger charge is 2.50. The third kappa shape index (κ3) is 6.76. The molecule has 7 nitrogen and oxygen atoms in total. The van der Waals surface area contributed by atoms with Gasteiger partial charge in [0.1, 0.15) is 11.6 Å². The summed E-state index contributed by atoms with van der Waals surface area (Å²) in [6, 6.07) is 19.4. The van der Waals surface area contributed by atoms with Crippen molar-refractivity contribution < 1.29 is 23.6 Å². The maximum atomic E-state index is 13.1. The van der Waals surface area contributed by atoms with Crippen molar-refractivity contribution >= 4 is 30.7 Å². The normalized spacial score (nSPS) is 13.4. The van der Waals surface area contributed by atoms with Crippen LogP contribution in [0.3, 0.4) is 0 Å². The molecule has 0 bridgehead atoms. The van der Waals surface area contributed by atoms with E-state index < -0.39 is 32.0 Å². The fraction of sp³-hybridized carbons (Fsp3) is 0.462. The van der Waals surface area contributed by atoms with Crippen LogP contribution >= 0.6 is 0 Å². The van der Waals surface area contributed by atoms with Crippen LogP contribution in [-0.4, -0.2) is 57.8 Å². The predicted molar refractivity (Wildman–Crippen MR) is 137 cm³/mol. The maximum absolute atomic E-state index is 13.1. The molecule has 2 rings (SSSR count). The predicted octanol–water partition coefficient (Wildman–Crippen LogP) is 3.48. The van der Waals surface area contributed by atoms with Crippen molar-refractivity contribution in [2.24, 2.45) is 0 Å². The molecule has 8 heteroatoms. The zero-order valence-electron chi connectivity index (χ0n) is 21.5. The molecule has 0 saturated heterocycles. The van der Waals surface area contributed by atoms with Gasteiger partial charge in [-0.1, -0.05) is 81.4 Å². The summed E-state index contributed by atoms with van der Waals surface area (Å²) < 4.78 is 12.1. The van der Waals surface area contributed by atoms with Gasteiger partial charge >= 0.3 is 6.09 Å². The van der Waals surface area contributed by atoms with Gasteiger partial charge in [-0.25, -0.2) is 4.79 Å². The Morgan fingerprint density at radius 2 is 1.38 bits per heavy atom. The molecule has 0 aromatic heterocycles. The fourth-order valence-electron chi connectivity index (χ4n) is 3.93. The molecule has 0 aliphatic rings. The smallest absolute Gasteiger partial charge is 0.414 e. The summed E-state index contributed by atoms with van der Waals surface area (Å²) in [7, 11) is 0.229. The Balaban J connectivity index is 2.45. The number of ether oxygens (including phenoxy) is 1. The summed E-state index contributed by atoms with van der Waals surface area (Å²) in [5, 5.41) is 5.64. The van der Waals surface area contributed by atoms with Gasteiger partial charge in [0.05, 0.1) is 13.7 Å². The zero-order chi connectivity index (χ0) is 25.6. The number of carbonyl (C=O) groups excluding carboxylic acids is 2. The number of imide groups is 1. The molecule has 0 radical (unpaired) electrons. The number of hydroxylamine groups is 2. The summed E-state index contributed by atoms with van der Waals surface area (Å²) in [6.07, 6.45) is -0.808. The molecule has 1 N–H and O–H groups in total. The van der Waals surface area contributed by atoms with Crippen molar-refractivity contribution in [2.45, 2.75) is 58.2 Å². The highest BCUT2D eigenvalue weighted by Crippen LogP contribution is 2.36. The van der Waals surface area contributed by atoms with Crippen LogP contribution in [0, 0.1) is 0 Å². The van der Waals surface area contributed by atoms with Gasteiger partial charge in [-0.15, -0.1) is 0 Å². The Morgan fingerprint density at radius 1 is 0.912 bits per heavy atom. The Morgan fingerprint density at radius 3 is 1.76 bits per heavy atom. The highest BCUT2D eigenvalue weighted by atomic mass is 28.4. The number of rotatable bonds is 8.